The number of anilines is 1. The molecule has 0 saturated heterocycles. The molecular formula is C23H19ClN4O4. The predicted molar refractivity (Wildman–Crippen MR) is 121 cm³/mol. The minimum Gasteiger partial charge on any atom is -0.467 e. The predicted octanol–water partition coefficient (Wildman–Crippen LogP) is 3.24. The van der Waals surface area contributed by atoms with Crippen molar-refractivity contribution in [1.82, 2.24) is 14.9 Å². The molecule has 0 unspecified atom stereocenters. The molecule has 2 aromatic heterocycles. The van der Waals surface area contributed by atoms with Gasteiger partial charge in [-0.15, -0.1) is 0 Å². The number of amides is 2. The summed E-state index contributed by atoms with van der Waals surface area (Å²) in [7, 11) is 1.55. The molecule has 0 fully saturated rings. The average molecular weight is 451 g/mol. The van der Waals surface area contributed by atoms with Gasteiger partial charge in [-0.05, 0) is 42.5 Å². The zero-order valence-corrected chi connectivity index (χ0v) is 17.9. The highest BCUT2D eigenvalue weighted by Crippen LogP contribution is 2.20. The third-order valence-electron chi connectivity index (χ3n) is 4.98. The molecule has 0 aliphatic carbocycles. The van der Waals surface area contributed by atoms with Gasteiger partial charge in [0, 0.05) is 12.1 Å². The van der Waals surface area contributed by atoms with Gasteiger partial charge in [0.05, 0.1) is 41.3 Å². The normalized spacial score (nSPS) is 10.8. The zero-order chi connectivity index (χ0) is 22.7. The van der Waals surface area contributed by atoms with Crippen molar-refractivity contribution < 1.29 is 14.0 Å². The fourth-order valence-electron chi connectivity index (χ4n) is 3.26. The first-order valence-corrected chi connectivity index (χ1v) is 10.1. The van der Waals surface area contributed by atoms with E-state index >= 15 is 0 Å². The van der Waals surface area contributed by atoms with E-state index in [-0.39, 0.29) is 30.5 Å². The molecule has 0 spiro atoms. The van der Waals surface area contributed by atoms with Crippen LogP contribution in [0.3, 0.4) is 0 Å². The first-order chi connectivity index (χ1) is 15.4. The van der Waals surface area contributed by atoms with Gasteiger partial charge in [0.1, 0.15) is 12.3 Å². The molecule has 162 valence electrons. The Balaban J connectivity index is 1.54. The van der Waals surface area contributed by atoms with Crippen molar-refractivity contribution in [2.24, 2.45) is 0 Å². The number of rotatable bonds is 6. The van der Waals surface area contributed by atoms with Crippen LogP contribution in [0.4, 0.5) is 5.69 Å². The molecule has 0 radical (unpaired) electrons. The van der Waals surface area contributed by atoms with Crippen molar-refractivity contribution in [2.75, 3.05) is 11.9 Å². The maximum atomic E-state index is 13.0. The Kier molecular flexibility index (Phi) is 6.04. The lowest BCUT2D eigenvalue weighted by Crippen LogP contribution is -2.35. The molecule has 2 amide bonds. The van der Waals surface area contributed by atoms with E-state index in [1.54, 1.807) is 55.6 Å². The van der Waals surface area contributed by atoms with E-state index < -0.39 is 0 Å². The fourth-order valence-corrected chi connectivity index (χ4v) is 3.44. The lowest BCUT2D eigenvalue weighted by Gasteiger charge is -2.21. The Morgan fingerprint density at radius 1 is 1.16 bits per heavy atom. The first-order valence-electron chi connectivity index (χ1n) is 9.75. The van der Waals surface area contributed by atoms with Crippen LogP contribution in [0.2, 0.25) is 5.02 Å². The number of furan rings is 1. The summed E-state index contributed by atoms with van der Waals surface area (Å²) >= 11 is 5.99. The van der Waals surface area contributed by atoms with E-state index in [1.165, 1.54) is 28.1 Å². The third-order valence-corrected chi connectivity index (χ3v) is 5.21. The maximum absolute atomic E-state index is 13.0. The molecule has 2 aromatic carbocycles. The minimum atomic E-state index is -0.387. The SMILES string of the molecule is CN(C(=O)Cn1cnc2ccc(Cl)cc2c1=O)c1ccccc1C(=O)NCc1ccco1. The fraction of sp³-hybridized carbons (Fsp3) is 0.130. The molecule has 0 atom stereocenters. The molecule has 2 heterocycles. The van der Waals surface area contributed by atoms with E-state index in [0.29, 0.717) is 32.9 Å². The van der Waals surface area contributed by atoms with Crippen molar-refractivity contribution in [3.05, 3.63) is 93.9 Å². The number of carbonyl (C=O) groups excluding carboxylic acids is 2. The quantitative estimate of drug-likeness (QED) is 0.486. The van der Waals surface area contributed by atoms with Crippen LogP contribution in [-0.4, -0.2) is 28.4 Å². The summed E-state index contributed by atoms with van der Waals surface area (Å²) in [6, 6.07) is 15.0. The van der Waals surface area contributed by atoms with Crippen LogP contribution < -0.4 is 15.8 Å². The maximum Gasteiger partial charge on any atom is 0.261 e. The Labute approximate surface area is 188 Å². The number of hydrogen-bond acceptors (Lipinski definition) is 5. The second-order valence-corrected chi connectivity index (χ2v) is 7.51. The number of aromatic nitrogens is 2. The van der Waals surface area contributed by atoms with Crippen LogP contribution >= 0.6 is 11.6 Å². The average Bonchev–Trinajstić information content (AvgIpc) is 3.33. The Morgan fingerprint density at radius 3 is 2.75 bits per heavy atom. The van der Waals surface area contributed by atoms with Crippen LogP contribution in [-0.2, 0) is 17.9 Å². The van der Waals surface area contributed by atoms with E-state index in [4.69, 9.17) is 16.0 Å². The molecule has 0 aliphatic rings. The standard InChI is InChI=1S/C23H19ClN4O4/c1-27(20-7-3-2-6-17(20)22(30)25-12-16-5-4-10-32-16)21(29)13-28-14-26-19-9-8-15(24)11-18(19)23(28)31/h2-11,14H,12-13H2,1H3,(H,25,30). The Bertz CT molecular complexity index is 1350. The van der Waals surface area contributed by atoms with Gasteiger partial charge in [-0.2, -0.15) is 0 Å². The zero-order valence-electron chi connectivity index (χ0n) is 17.1. The van der Waals surface area contributed by atoms with Gasteiger partial charge in [-0.1, -0.05) is 23.7 Å². The molecule has 9 heteroatoms. The van der Waals surface area contributed by atoms with Gasteiger partial charge in [0.2, 0.25) is 5.91 Å². The summed E-state index contributed by atoms with van der Waals surface area (Å²) in [5.74, 6) is -0.124. The van der Waals surface area contributed by atoms with Gasteiger partial charge in [-0.25, -0.2) is 4.98 Å². The van der Waals surface area contributed by atoms with E-state index in [9.17, 15) is 14.4 Å². The van der Waals surface area contributed by atoms with Gasteiger partial charge in [0.25, 0.3) is 11.5 Å². The highest BCUT2D eigenvalue weighted by molar-refractivity contribution is 6.31. The van der Waals surface area contributed by atoms with Crippen LogP contribution in [0.1, 0.15) is 16.1 Å². The number of halogens is 1. The molecule has 4 rings (SSSR count). The van der Waals surface area contributed by atoms with Crippen LogP contribution in [0.15, 0.2) is 76.4 Å². The molecule has 32 heavy (non-hydrogen) atoms. The van der Waals surface area contributed by atoms with Gasteiger partial charge >= 0.3 is 0 Å². The first kappa shape index (κ1) is 21.3. The largest absolute Gasteiger partial charge is 0.467 e. The summed E-state index contributed by atoms with van der Waals surface area (Å²) in [5.41, 5.74) is 0.865. The minimum absolute atomic E-state index is 0.221. The molecule has 0 bridgehead atoms. The number of nitrogens with one attached hydrogen (secondary N) is 1. The number of nitrogens with zero attached hydrogens (tertiary/aromatic N) is 3. The summed E-state index contributed by atoms with van der Waals surface area (Å²) in [6.07, 6.45) is 2.85. The van der Waals surface area contributed by atoms with Crippen LogP contribution in [0.5, 0.6) is 0 Å². The number of benzene rings is 2. The molecule has 8 nitrogen and oxygen atoms in total. The van der Waals surface area contributed by atoms with Crippen molar-refractivity contribution >= 4 is 40.0 Å². The van der Waals surface area contributed by atoms with Gasteiger partial charge in [0.15, 0.2) is 0 Å². The highest BCUT2D eigenvalue weighted by atomic mass is 35.5. The van der Waals surface area contributed by atoms with Crippen molar-refractivity contribution in [1.29, 1.82) is 0 Å². The topological polar surface area (TPSA) is 97.4 Å². The van der Waals surface area contributed by atoms with Crippen LogP contribution in [0, 0.1) is 0 Å². The summed E-state index contributed by atoms with van der Waals surface area (Å²) in [4.78, 5) is 44.0. The third kappa shape index (κ3) is 4.40. The number of likely N-dealkylation sites (N-methyl/N-ethyl adjacent to an activating group) is 1. The molecule has 1 N–H and O–H groups in total. The van der Waals surface area contributed by atoms with Crippen molar-refractivity contribution in [2.45, 2.75) is 13.1 Å². The Morgan fingerprint density at radius 2 is 1.97 bits per heavy atom. The molecular weight excluding hydrogens is 432 g/mol. The molecule has 0 saturated carbocycles. The molecule has 4 aromatic rings. The van der Waals surface area contributed by atoms with E-state index in [2.05, 4.69) is 10.3 Å². The monoisotopic (exact) mass is 450 g/mol. The number of hydrogen-bond donors (Lipinski definition) is 1. The lowest BCUT2D eigenvalue weighted by molar-refractivity contribution is -0.118. The van der Waals surface area contributed by atoms with Gasteiger partial charge in [-0.3, -0.25) is 19.0 Å². The smallest absolute Gasteiger partial charge is 0.261 e. The second-order valence-electron chi connectivity index (χ2n) is 7.07. The highest BCUT2D eigenvalue weighted by Gasteiger charge is 2.19. The summed E-state index contributed by atoms with van der Waals surface area (Å²) < 4.78 is 6.44. The molecule has 0 aliphatic heterocycles. The van der Waals surface area contributed by atoms with Crippen molar-refractivity contribution in [3.63, 3.8) is 0 Å². The van der Waals surface area contributed by atoms with Gasteiger partial charge < -0.3 is 14.6 Å². The Hall–Kier alpha value is -3.91. The second kappa shape index (κ2) is 9.07. The number of fused-ring (bicyclic) bond motifs is 1. The number of carbonyl (C=O) groups is 2. The lowest BCUT2D eigenvalue weighted by atomic mass is 10.1. The summed E-state index contributed by atoms with van der Waals surface area (Å²) in [6.45, 7) is -0.0221. The van der Waals surface area contributed by atoms with Crippen molar-refractivity contribution in [3.8, 4) is 0 Å². The van der Waals surface area contributed by atoms with Crippen LogP contribution in [0.25, 0.3) is 10.9 Å². The number of para-hydroxylation sites is 1. The van der Waals surface area contributed by atoms with E-state index in [0.717, 1.165) is 0 Å². The van der Waals surface area contributed by atoms with E-state index in [1.807, 2.05) is 0 Å². The summed E-state index contributed by atoms with van der Waals surface area (Å²) in [5, 5.41) is 3.51.